The molecule has 15 heavy (non-hydrogen) atoms. The Morgan fingerprint density at radius 2 is 1.60 bits per heavy atom. The van der Waals surface area contributed by atoms with Gasteiger partial charge in [-0.3, -0.25) is 0 Å². The van der Waals surface area contributed by atoms with Crippen LogP contribution in [-0.4, -0.2) is 25.3 Å². The van der Waals surface area contributed by atoms with E-state index in [-0.39, 0.29) is 0 Å². The van der Waals surface area contributed by atoms with Crippen LogP contribution in [0.25, 0.3) is 0 Å². The summed E-state index contributed by atoms with van der Waals surface area (Å²) in [6.45, 7) is 2.07. The topological polar surface area (TPSA) is 21.3 Å². The van der Waals surface area contributed by atoms with E-state index in [1.807, 2.05) is 0 Å². The quantitative estimate of drug-likeness (QED) is 0.775. The van der Waals surface area contributed by atoms with Crippen LogP contribution >= 0.6 is 0 Å². The van der Waals surface area contributed by atoms with E-state index in [0.717, 1.165) is 19.2 Å². The molecule has 2 fully saturated rings. The summed E-state index contributed by atoms with van der Waals surface area (Å²) in [6, 6.07) is 0.773. The molecule has 1 heterocycles. The molecule has 2 rings (SSSR count). The van der Waals surface area contributed by atoms with E-state index in [9.17, 15) is 0 Å². The maximum absolute atomic E-state index is 5.64. The molecule has 0 aromatic rings. The average Bonchev–Trinajstić information content (AvgIpc) is 2.68. The zero-order chi connectivity index (χ0) is 10.3. The summed E-state index contributed by atoms with van der Waals surface area (Å²) < 4.78 is 5.64. The minimum atomic E-state index is 0.510. The zero-order valence-electron chi connectivity index (χ0n) is 9.84. The molecule has 88 valence electrons. The molecule has 0 spiro atoms. The van der Waals surface area contributed by atoms with Gasteiger partial charge in [0.15, 0.2) is 0 Å². The van der Waals surface area contributed by atoms with Gasteiger partial charge in [-0.2, -0.15) is 0 Å². The van der Waals surface area contributed by atoms with Crippen molar-refractivity contribution in [3.05, 3.63) is 0 Å². The van der Waals surface area contributed by atoms with Crippen molar-refractivity contribution >= 4 is 0 Å². The third kappa shape index (κ3) is 4.12. The predicted molar refractivity (Wildman–Crippen MR) is 63.1 cm³/mol. The molecular formula is C13H25NO. The fourth-order valence-corrected chi connectivity index (χ4v) is 2.76. The molecule has 2 nitrogen and oxygen atoms in total. The minimum Gasteiger partial charge on any atom is -0.377 e. The van der Waals surface area contributed by atoms with Crippen molar-refractivity contribution in [1.82, 2.24) is 5.32 Å². The summed E-state index contributed by atoms with van der Waals surface area (Å²) in [7, 11) is 0. The van der Waals surface area contributed by atoms with Crippen molar-refractivity contribution in [3.8, 4) is 0 Å². The van der Waals surface area contributed by atoms with Gasteiger partial charge in [0.2, 0.25) is 0 Å². The van der Waals surface area contributed by atoms with Crippen molar-refractivity contribution in [3.63, 3.8) is 0 Å². The highest BCUT2D eigenvalue weighted by Crippen LogP contribution is 2.18. The molecule has 0 aromatic heterocycles. The third-order valence-corrected chi connectivity index (χ3v) is 3.76. The number of ether oxygens (including phenoxy) is 1. The molecule has 0 radical (unpaired) electrons. The summed E-state index contributed by atoms with van der Waals surface area (Å²) in [5.74, 6) is 0. The van der Waals surface area contributed by atoms with Crippen molar-refractivity contribution in [2.75, 3.05) is 13.2 Å². The van der Waals surface area contributed by atoms with E-state index in [1.165, 1.54) is 57.8 Å². The molecule has 0 unspecified atom stereocenters. The van der Waals surface area contributed by atoms with Gasteiger partial charge in [0.05, 0.1) is 6.10 Å². The number of nitrogens with one attached hydrogen (secondary N) is 1. The van der Waals surface area contributed by atoms with Crippen molar-refractivity contribution in [1.29, 1.82) is 0 Å². The lowest BCUT2D eigenvalue weighted by Gasteiger charge is -2.22. The van der Waals surface area contributed by atoms with Crippen LogP contribution in [-0.2, 0) is 4.74 Å². The van der Waals surface area contributed by atoms with Crippen LogP contribution in [0.15, 0.2) is 0 Å². The molecule has 2 heteroatoms. The van der Waals surface area contributed by atoms with E-state index >= 15 is 0 Å². The van der Waals surface area contributed by atoms with Gasteiger partial charge in [0, 0.05) is 19.2 Å². The normalized spacial score (nSPS) is 30.0. The highest BCUT2D eigenvalue weighted by atomic mass is 16.5. The molecule has 1 aliphatic carbocycles. The van der Waals surface area contributed by atoms with Crippen LogP contribution in [0.4, 0.5) is 0 Å². The first-order chi connectivity index (χ1) is 7.45. The highest BCUT2D eigenvalue weighted by molar-refractivity contribution is 4.74. The first-order valence-electron chi connectivity index (χ1n) is 6.80. The lowest BCUT2D eigenvalue weighted by atomic mass is 9.96. The Morgan fingerprint density at radius 1 is 0.867 bits per heavy atom. The van der Waals surface area contributed by atoms with Gasteiger partial charge in [-0.15, -0.1) is 0 Å². The molecule has 0 aromatic carbocycles. The molecule has 1 atom stereocenters. The molecule has 2 aliphatic rings. The summed E-state index contributed by atoms with van der Waals surface area (Å²) in [5.41, 5.74) is 0. The Bertz CT molecular complexity index is 158. The van der Waals surface area contributed by atoms with E-state index in [4.69, 9.17) is 4.74 Å². The second kappa shape index (κ2) is 6.49. The van der Waals surface area contributed by atoms with E-state index < -0.39 is 0 Å². The van der Waals surface area contributed by atoms with Crippen LogP contribution in [0.2, 0.25) is 0 Å². The first-order valence-corrected chi connectivity index (χ1v) is 6.80. The monoisotopic (exact) mass is 211 g/mol. The lowest BCUT2D eigenvalue weighted by molar-refractivity contribution is 0.106. The Hall–Kier alpha value is -0.0800. The Labute approximate surface area is 93.8 Å². The van der Waals surface area contributed by atoms with Gasteiger partial charge < -0.3 is 10.1 Å². The smallest absolute Gasteiger partial charge is 0.0700 e. The second-order valence-electron chi connectivity index (χ2n) is 5.09. The van der Waals surface area contributed by atoms with Gasteiger partial charge >= 0.3 is 0 Å². The molecule has 1 saturated carbocycles. The van der Waals surface area contributed by atoms with Crippen molar-refractivity contribution in [2.24, 2.45) is 0 Å². The third-order valence-electron chi connectivity index (χ3n) is 3.76. The molecule has 1 N–H and O–H groups in total. The van der Waals surface area contributed by atoms with Gasteiger partial charge in [-0.05, 0) is 25.7 Å². The summed E-state index contributed by atoms with van der Waals surface area (Å²) >= 11 is 0. The summed E-state index contributed by atoms with van der Waals surface area (Å²) in [6.07, 6.45) is 13.0. The van der Waals surface area contributed by atoms with Crippen molar-refractivity contribution < 1.29 is 4.74 Å². The van der Waals surface area contributed by atoms with Gasteiger partial charge in [0.1, 0.15) is 0 Å². The Kier molecular flexibility index (Phi) is 4.94. The van der Waals surface area contributed by atoms with Crippen LogP contribution in [0.5, 0.6) is 0 Å². The molecule has 0 amide bonds. The SMILES string of the molecule is C1CCCC(NC[C@H]2CCCO2)CCC1. The van der Waals surface area contributed by atoms with E-state index in [1.54, 1.807) is 0 Å². The largest absolute Gasteiger partial charge is 0.377 e. The number of hydrogen-bond donors (Lipinski definition) is 1. The maximum Gasteiger partial charge on any atom is 0.0700 e. The maximum atomic E-state index is 5.64. The van der Waals surface area contributed by atoms with E-state index in [2.05, 4.69) is 5.32 Å². The molecule has 0 bridgehead atoms. The van der Waals surface area contributed by atoms with Gasteiger partial charge in [-0.1, -0.05) is 32.1 Å². The highest BCUT2D eigenvalue weighted by Gasteiger charge is 2.17. The Morgan fingerprint density at radius 3 is 2.27 bits per heavy atom. The van der Waals surface area contributed by atoms with Gasteiger partial charge in [-0.25, -0.2) is 0 Å². The zero-order valence-corrected chi connectivity index (χ0v) is 9.84. The van der Waals surface area contributed by atoms with Crippen LogP contribution < -0.4 is 5.32 Å². The minimum absolute atomic E-state index is 0.510. The fourth-order valence-electron chi connectivity index (χ4n) is 2.76. The average molecular weight is 211 g/mol. The molecule has 1 saturated heterocycles. The van der Waals surface area contributed by atoms with E-state index in [0.29, 0.717) is 6.10 Å². The lowest BCUT2D eigenvalue weighted by Crippen LogP contribution is -2.35. The van der Waals surface area contributed by atoms with Gasteiger partial charge in [0.25, 0.3) is 0 Å². The fraction of sp³-hybridized carbons (Fsp3) is 1.00. The standard InChI is InChI=1S/C13H25NO/c1-2-4-7-12(8-5-3-1)14-11-13-9-6-10-15-13/h12-14H,1-11H2/t13-/m1/s1. The Balaban J connectivity index is 1.62. The number of hydrogen-bond acceptors (Lipinski definition) is 2. The summed E-state index contributed by atoms with van der Waals surface area (Å²) in [5, 5.41) is 3.71. The predicted octanol–water partition coefficient (Wildman–Crippen LogP) is 2.87. The van der Waals surface area contributed by atoms with Crippen molar-refractivity contribution in [2.45, 2.75) is 69.9 Å². The van der Waals surface area contributed by atoms with Crippen LogP contribution in [0.1, 0.15) is 57.8 Å². The molecule has 1 aliphatic heterocycles. The first kappa shape index (κ1) is 11.4. The van der Waals surface area contributed by atoms with Crippen LogP contribution in [0, 0.1) is 0 Å². The van der Waals surface area contributed by atoms with Crippen LogP contribution in [0.3, 0.4) is 0 Å². The number of rotatable bonds is 3. The second-order valence-corrected chi connectivity index (χ2v) is 5.09. The molecular weight excluding hydrogens is 186 g/mol. The summed E-state index contributed by atoms with van der Waals surface area (Å²) in [4.78, 5) is 0.